The molecule has 0 aliphatic rings. The lowest BCUT2D eigenvalue weighted by atomic mass is 10.2. The highest BCUT2D eigenvalue weighted by molar-refractivity contribution is 6.05. The molecule has 0 radical (unpaired) electrons. The molecular weight excluding hydrogens is 211 g/mol. The number of hydrogen-bond acceptors (Lipinski definition) is 3. The number of carbonyl (C=O) groups is 1. The fourth-order valence-electron chi connectivity index (χ4n) is 1.79. The molecule has 0 aliphatic heterocycles. The van der Waals surface area contributed by atoms with Gasteiger partial charge in [-0.3, -0.25) is 0 Å². The average molecular weight is 222 g/mol. The van der Waals surface area contributed by atoms with Crippen molar-refractivity contribution in [1.82, 2.24) is 4.57 Å². The fourth-order valence-corrected chi connectivity index (χ4v) is 1.79. The van der Waals surface area contributed by atoms with Crippen molar-refractivity contribution in [2.75, 3.05) is 12.8 Å². The summed E-state index contributed by atoms with van der Waals surface area (Å²) < 4.78 is 19.3. The van der Waals surface area contributed by atoms with Crippen molar-refractivity contribution < 1.29 is 13.9 Å². The van der Waals surface area contributed by atoms with Crippen LogP contribution in [0.4, 0.5) is 10.1 Å². The van der Waals surface area contributed by atoms with E-state index in [0.29, 0.717) is 10.9 Å². The van der Waals surface area contributed by atoms with E-state index in [1.54, 1.807) is 17.7 Å². The summed E-state index contributed by atoms with van der Waals surface area (Å²) in [5.41, 5.74) is 6.97. The van der Waals surface area contributed by atoms with Gasteiger partial charge in [0, 0.05) is 12.4 Å². The lowest BCUT2D eigenvalue weighted by Crippen LogP contribution is -2.09. The molecule has 0 unspecified atom stereocenters. The molecule has 1 heterocycles. The zero-order valence-electron chi connectivity index (χ0n) is 8.95. The van der Waals surface area contributed by atoms with E-state index in [4.69, 9.17) is 5.73 Å². The summed E-state index contributed by atoms with van der Waals surface area (Å²) in [4.78, 5) is 11.5. The van der Waals surface area contributed by atoms with Gasteiger partial charge in [0.2, 0.25) is 0 Å². The number of esters is 1. The van der Waals surface area contributed by atoms with Gasteiger partial charge >= 0.3 is 5.97 Å². The highest BCUT2D eigenvalue weighted by Crippen LogP contribution is 2.28. The Morgan fingerprint density at radius 2 is 2.19 bits per heavy atom. The molecule has 2 rings (SSSR count). The standard InChI is InChI=1S/C11H11FN2O2/c1-14-8-4-3-6(12)5-7(8)9(13)10(14)11(15)16-2/h3-5H,13H2,1-2H3. The van der Waals surface area contributed by atoms with E-state index in [1.807, 2.05) is 0 Å². The number of halogens is 1. The van der Waals surface area contributed by atoms with Gasteiger partial charge in [-0.05, 0) is 18.2 Å². The lowest BCUT2D eigenvalue weighted by Gasteiger charge is -2.02. The summed E-state index contributed by atoms with van der Waals surface area (Å²) >= 11 is 0. The Morgan fingerprint density at radius 1 is 1.50 bits per heavy atom. The van der Waals surface area contributed by atoms with Crippen LogP contribution in [0.1, 0.15) is 10.5 Å². The molecular formula is C11H11FN2O2. The second kappa shape index (κ2) is 3.52. The number of benzene rings is 1. The Morgan fingerprint density at radius 3 is 2.81 bits per heavy atom. The molecule has 0 saturated heterocycles. The van der Waals surface area contributed by atoms with Gasteiger partial charge in [0.15, 0.2) is 5.69 Å². The molecule has 5 heteroatoms. The van der Waals surface area contributed by atoms with Crippen LogP contribution in [0.3, 0.4) is 0 Å². The molecule has 0 atom stereocenters. The van der Waals surface area contributed by atoms with Gasteiger partial charge in [-0.25, -0.2) is 9.18 Å². The third-order valence-corrected chi connectivity index (χ3v) is 2.58. The van der Waals surface area contributed by atoms with Crippen LogP contribution in [0.2, 0.25) is 0 Å². The first-order valence-electron chi connectivity index (χ1n) is 4.68. The summed E-state index contributed by atoms with van der Waals surface area (Å²) in [5, 5.41) is 0.517. The van der Waals surface area contributed by atoms with Crippen LogP contribution in [0.15, 0.2) is 18.2 Å². The Bertz CT molecular complexity index is 575. The van der Waals surface area contributed by atoms with Crippen LogP contribution in [-0.4, -0.2) is 17.6 Å². The number of nitrogens with zero attached hydrogens (tertiary/aromatic N) is 1. The number of rotatable bonds is 1. The molecule has 0 spiro atoms. The second-order valence-electron chi connectivity index (χ2n) is 3.47. The third-order valence-electron chi connectivity index (χ3n) is 2.58. The normalized spacial score (nSPS) is 10.7. The van der Waals surface area contributed by atoms with Gasteiger partial charge in [0.25, 0.3) is 0 Å². The number of fused-ring (bicyclic) bond motifs is 1. The van der Waals surface area contributed by atoms with Gasteiger partial charge in [-0.1, -0.05) is 0 Å². The predicted octanol–water partition coefficient (Wildman–Crippen LogP) is 1.69. The average Bonchev–Trinajstić information content (AvgIpc) is 2.51. The molecule has 0 aliphatic carbocycles. The molecule has 0 bridgehead atoms. The maximum atomic E-state index is 13.1. The fraction of sp³-hybridized carbons (Fsp3) is 0.182. The number of aryl methyl sites for hydroxylation is 1. The summed E-state index contributed by atoms with van der Waals surface area (Å²) in [5.74, 6) is -0.919. The third kappa shape index (κ3) is 1.32. The SMILES string of the molecule is COC(=O)c1c(N)c2cc(F)ccc2n1C. The Hall–Kier alpha value is -2.04. The molecule has 2 N–H and O–H groups in total. The highest BCUT2D eigenvalue weighted by atomic mass is 19.1. The summed E-state index contributed by atoms with van der Waals surface area (Å²) in [6.45, 7) is 0. The summed E-state index contributed by atoms with van der Waals surface area (Å²) in [7, 11) is 2.96. The number of nitrogen functional groups attached to an aromatic ring is 1. The first kappa shape index (κ1) is 10.5. The van der Waals surface area contributed by atoms with E-state index < -0.39 is 5.97 Å². The van der Waals surface area contributed by atoms with E-state index in [2.05, 4.69) is 4.74 Å². The first-order chi connectivity index (χ1) is 7.56. The van der Waals surface area contributed by atoms with Gasteiger partial charge in [-0.2, -0.15) is 0 Å². The number of carbonyl (C=O) groups excluding carboxylic acids is 1. The van der Waals surface area contributed by atoms with E-state index >= 15 is 0 Å². The van der Waals surface area contributed by atoms with Gasteiger partial charge in [-0.15, -0.1) is 0 Å². The number of hydrogen-bond donors (Lipinski definition) is 1. The minimum atomic E-state index is -0.531. The molecule has 84 valence electrons. The summed E-state index contributed by atoms with van der Waals surface area (Å²) in [6, 6.07) is 4.20. The second-order valence-corrected chi connectivity index (χ2v) is 3.47. The van der Waals surface area contributed by atoms with Crippen molar-refractivity contribution in [3.05, 3.63) is 29.7 Å². The van der Waals surface area contributed by atoms with Crippen molar-refractivity contribution in [3.63, 3.8) is 0 Å². The minimum Gasteiger partial charge on any atom is -0.464 e. The molecule has 16 heavy (non-hydrogen) atoms. The minimum absolute atomic E-state index is 0.239. The number of anilines is 1. The van der Waals surface area contributed by atoms with E-state index in [9.17, 15) is 9.18 Å². The van der Waals surface area contributed by atoms with Gasteiger partial charge in [0.05, 0.1) is 18.3 Å². The molecule has 2 aromatic rings. The zero-order valence-corrected chi connectivity index (χ0v) is 8.95. The maximum absolute atomic E-state index is 13.1. The highest BCUT2D eigenvalue weighted by Gasteiger charge is 2.19. The van der Waals surface area contributed by atoms with E-state index in [1.165, 1.54) is 19.2 Å². The molecule has 0 fully saturated rings. The lowest BCUT2D eigenvalue weighted by molar-refractivity contribution is 0.0592. The van der Waals surface area contributed by atoms with Crippen LogP contribution in [0.5, 0.6) is 0 Å². The van der Waals surface area contributed by atoms with Crippen LogP contribution in [-0.2, 0) is 11.8 Å². The van der Waals surface area contributed by atoms with Crippen molar-refractivity contribution in [1.29, 1.82) is 0 Å². The van der Waals surface area contributed by atoms with Crippen LogP contribution < -0.4 is 5.73 Å². The maximum Gasteiger partial charge on any atom is 0.356 e. The van der Waals surface area contributed by atoms with Crippen molar-refractivity contribution >= 4 is 22.6 Å². The first-order valence-corrected chi connectivity index (χ1v) is 4.68. The van der Waals surface area contributed by atoms with Crippen molar-refractivity contribution in [2.45, 2.75) is 0 Å². The number of methoxy groups -OCH3 is 1. The smallest absolute Gasteiger partial charge is 0.356 e. The monoisotopic (exact) mass is 222 g/mol. The van der Waals surface area contributed by atoms with Crippen LogP contribution in [0, 0.1) is 5.82 Å². The van der Waals surface area contributed by atoms with Crippen LogP contribution in [0.25, 0.3) is 10.9 Å². The van der Waals surface area contributed by atoms with Crippen molar-refractivity contribution in [3.8, 4) is 0 Å². The van der Waals surface area contributed by atoms with E-state index in [-0.39, 0.29) is 17.2 Å². The Labute approximate surface area is 91.4 Å². The van der Waals surface area contributed by atoms with Gasteiger partial charge in [0.1, 0.15) is 5.82 Å². The summed E-state index contributed by atoms with van der Waals surface area (Å²) in [6.07, 6.45) is 0. The largest absolute Gasteiger partial charge is 0.464 e. The molecule has 0 saturated carbocycles. The molecule has 4 nitrogen and oxygen atoms in total. The zero-order chi connectivity index (χ0) is 11.9. The van der Waals surface area contributed by atoms with Crippen molar-refractivity contribution in [2.24, 2.45) is 7.05 Å². The predicted molar refractivity (Wildman–Crippen MR) is 58.6 cm³/mol. The number of ether oxygens (including phenoxy) is 1. The van der Waals surface area contributed by atoms with Crippen LogP contribution >= 0.6 is 0 Å². The van der Waals surface area contributed by atoms with Gasteiger partial charge < -0.3 is 15.0 Å². The molecule has 0 amide bonds. The quantitative estimate of drug-likeness (QED) is 0.747. The Balaban J connectivity index is 2.81. The topological polar surface area (TPSA) is 57.2 Å². The molecule has 1 aromatic carbocycles. The Kier molecular flexibility index (Phi) is 2.30. The van der Waals surface area contributed by atoms with E-state index in [0.717, 1.165) is 0 Å². The molecule has 1 aromatic heterocycles. The number of nitrogens with two attached hydrogens (primary N) is 1. The number of aromatic nitrogens is 1.